The Hall–Kier alpha value is -1.16. The summed E-state index contributed by atoms with van der Waals surface area (Å²) >= 11 is 0. The van der Waals surface area contributed by atoms with Crippen molar-refractivity contribution < 1.29 is 0 Å². The minimum absolute atomic E-state index is 0.794. The Kier molecular flexibility index (Phi) is 6.43. The zero-order chi connectivity index (χ0) is 15.1. The highest BCUT2D eigenvalue weighted by atomic mass is 15.2. The third kappa shape index (κ3) is 4.95. The van der Waals surface area contributed by atoms with Gasteiger partial charge in [0.1, 0.15) is 5.82 Å². The first-order valence-electron chi connectivity index (χ1n) is 8.47. The van der Waals surface area contributed by atoms with Crippen LogP contribution in [0, 0.1) is 11.8 Å². The lowest BCUT2D eigenvalue weighted by Gasteiger charge is -2.22. The van der Waals surface area contributed by atoms with Crippen molar-refractivity contribution in [2.75, 3.05) is 24.5 Å². The molecule has 2 heterocycles. The van der Waals surface area contributed by atoms with E-state index < -0.39 is 0 Å². The van der Waals surface area contributed by atoms with Gasteiger partial charge in [-0.3, -0.25) is 4.98 Å². The number of nitrogens with one attached hydrogen (secondary N) is 1. The Balaban J connectivity index is 1.89. The minimum Gasteiger partial charge on any atom is -0.355 e. The van der Waals surface area contributed by atoms with E-state index in [1.165, 1.54) is 19.3 Å². The molecule has 4 nitrogen and oxygen atoms in total. The topological polar surface area (TPSA) is 41.1 Å². The molecule has 1 fully saturated rings. The van der Waals surface area contributed by atoms with Crippen LogP contribution in [-0.4, -0.2) is 29.6 Å². The quantitative estimate of drug-likeness (QED) is 0.817. The van der Waals surface area contributed by atoms with E-state index in [1.54, 1.807) is 0 Å². The summed E-state index contributed by atoms with van der Waals surface area (Å²) in [6.45, 7) is 10.9. The van der Waals surface area contributed by atoms with Gasteiger partial charge in [-0.05, 0) is 44.1 Å². The molecule has 0 radical (unpaired) electrons. The predicted molar refractivity (Wildman–Crippen MR) is 88.4 cm³/mol. The number of rotatable bonds is 6. The van der Waals surface area contributed by atoms with Gasteiger partial charge in [0, 0.05) is 19.6 Å². The smallest absolute Gasteiger partial charge is 0.147 e. The summed E-state index contributed by atoms with van der Waals surface area (Å²) in [6, 6.07) is 0. The highest BCUT2D eigenvalue weighted by Gasteiger charge is 2.20. The molecular formula is C17H30N4. The van der Waals surface area contributed by atoms with Gasteiger partial charge in [-0.1, -0.05) is 20.8 Å². The van der Waals surface area contributed by atoms with Crippen LogP contribution in [0.2, 0.25) is 0 Å². The largest absolute Gasteiger partial charge is 0.355 e. The number of hydrogen-bond acceptors (Lipinski definition) is 4. The SMILES string of the molecule is CCCNCc1cnc(N2CCCC(C(C)C)CC2)cn1. The van der Waals surface area contributed by atoms with Crippen LogP contribution < -0.4 is 10.2 Å². The van der Waals surface area contributed by atoms with Crippen LogP contribution in [0.25, 0.3) is 0 Å². The second-order valence-electron chi connectivity index (χ2n) is 6.46. The summed E-state index contributed by atoms with van der Waals surface area (Å²) in [4.78, 5) is 11.6. The van der Waals surface area contributed by atoms with Gasteiger partial charge in [0.2, 0.25) is 0 Å². The molecule has 1 aliphatic heterocycles. The molecule has 1 atom stereocenters. The van der Waals surface area contributed by atoms with Crippen molar-refractivity contribution in [3.05, 3.63) is 18.1 Å². The summed E-state index contributed by atoms with van der Waals surface area (Å²) in [5, 5.41) is 3.36. The molecule has 1 aromatic rings. The maximum absolute atomic E-state index is 4.62. The van der Waals surface area contributed by atoms with Gasteiger partial charge in [-0.25, -0.2) is 4.98 Å². The first-order valence-corrected chi connectivity index (χ1v) is 8.47. The number of nitrogens with zero attached hydrogens (tertiary/aromatic N) is 3. The number of anilines is 1. The number of hydrogen-bond donors (Lipinski definition) is 1. The van der Waals surface area contributed by atoms with Crippen LogP contribution in [0.15, 0.2) is 12.4 Å². The van der Waals surface area contributed by atoms with Crippen LogP contribution in [0.3, 0.4) is 0 Å². The van der Waals surface area contributed by atoms with Gasteiger partial charge in [0.05, 0.1) is 18.1 Å². The predicted octanol–water partition coefficient (Wildman–Crippen LogP) is 3.24. The molecular weight excluding hydrogens is 260 g/mol. The Bertz CT molecular complexity index is 402. The Morgan fingerprint density at radius 3 is 2.76 bits per heavy atom. The Morgan fingerprint density at radius 1 is 1.24 bits per heavy atom. The Morgan fingerprint density at radius 2 is 2.10 bits per heavy atom. The van der Waals surface area contributed by atoms with Crippen LogP contribution in [0.5, 0.6) is 0 Å². The van der Waals surface area contributed by atoms with Crippen molar-refractivity contribution in [1.29, 1.82) is 0 Å². The zero-order valence-electron chi connectivity index (χ0n) is 13.8. The summed E-state index contributed by atoms with van der Waals surface area (Å²) in [5.41, 5.74) is 1.03. The van der Waals surface area contributed by atoms with E-state index in [0.29, 0.717) is 0 Å². The standard InChI is InChI=1S/C17H30N4/c1-4-8-18-11-16-12-20-17(13-19-16)21-9-5-6-15(7-10-21)14(2)3/h12-15,18H,4-11H2,1-3H3. The van der Waals surface area contributed by atoms with Crippen LogP contribution in [-0.2, 0) is 6.54 Å². The first kappa shape index (κ1) is 16.2. The lowest BCUT2D eigenvalue weighted by molar-refractivity contribution is 0.351. The van der Waals surface area contributed by atoms with Gasteiger partial charge in [0.25, 0.3) is 0 Å². The second kappa shape index (κ2) is 8.32. The molecule has 2 rings (SSSR count). The molecule has 1 unspecified atom stereocenters. The second-order valence-corrected chi connectivity index (χ2v) is 6.46. The normalized spacial score (nSPS) is 19.8. The third-order valence-electron chi connectivity index (χ3n) is 4.46. The van der Waals surface area contributed by atoms with Crippen molar-refractivity contribution in [2.24, 2.45) is 11.8 Å². The molecule has 0 amide bonds. The van der Waals surface area contributed by atoms with E-state index in [2.05, 4.69) is 41.0 Å². The van der Waals surface area contributed by atoms with E-state index in [9.17, 15) is 0 Å². The van der Waals surface area contributed by atoms with Crippen molar-refractivity contribution in [1.82, 2.24) is 15.3 Å². The van der Waals surface area contributed by atoms with Crippen molar-refractivity contribution in [3.63, 3.8) is 0 Å². The lowest BCUT2D eigenvalue weighted by atomic mass is 9.89. The molecule has 1 saturated heterocycles. The van der Waals surface area contributed by atoms with Crippen molar-refractivity contribution in [2.45, 2.75) is 53.0 Å². The fourth-order valence-corrected chi connectivity index (χ4v) is 3.01. The van der Waals surface area contributed by atoms with E-state index in [1.807, 2.05) is 12.4 Å². The van der Waals surface area contributed by atoms with Crippen LogP contribution >= 0.6 is 0 Å². The van der Waals surface area contributed by atoms with E-state index in [-0.39, 0.29) is 0 Å². The molecule has 4 heteroatoms. The molecule has 1 aromatic heterocycles. The fraction of sp³-hybridized carbons (Fsp3) is 0.765. The Labute approximate surface area is 129 Å². The summed E-state index contributed by atoms with van der Waals surface area (Å²) < 4.78 is 0. The van der Waals surface area contributed by atoms with Crippen LogP contribution in [0.1, 0.15) is 52.1 Å². The summed E-state index contributed by atoms with van der Waals surface area (Å²) in [6.07, 6.45) is 8.90. The fourth-order valence-electron chi connectivity index (χ4n) is 3.01. The minimum atomic E-state index is 0.794. The third-order valence-corrected chi connectivity index (χ3v) is 4.46. The van der Waals surface area contributed by atoms with Crippen LogP contribution in [0.4, 0.5) is 5.82 Å². The maximum atomic E-state index is 4.62. The molecule has 0 spiro atoms. The average molecular weight is 290 g/mol. The van der Waals surface area contributed by atoms with Crippen molar-refractivity contribution in [3.8, 4) is 0 Å². The molecule has 0 saturated carbocycles. The highest BCUT2D eigenvalue weighted by molar-refractivity contribution is 5.35. The lowest BCUT2D eigenvalue weighted by Crippen LogP contribution is -2.26. The number of aromatic nitrogens is 2. The molecule has 0 bridgehead atoms. The molecule has 21 heavy (non-hydrogen) atoms. The summed E-state index contributed by atoms with van der Waals surface area (Å²) in [7, 11) is 0. The maximum Gasteiger partial charge on any atom is 0.147 e. The van der Waals surface area contributed by atoms with E-state index in [4.69, 9.17) is 0 Å². The van der Waals surface area contributed by atoms with Gasteiger partial charge in [-0.15, -0.1) is 0 Å². The molecule has 118 valence electrons. The van der Waals surface area contributed by atoms with Crippen molar-refractivity contribution >= 4 is 5.82 Å². The van der Waals surface area contributed by atoms with Gasteiger partial charge >= 0.3 is 0 Å². The van der Waals surface area contributed by atoms with E-state index >= 15 is 0 Å². The molecule has 0 aromatic carbocycles. The molecule has 0 aliphatic carbocycles. The molecule has 1 aliphatic rings. The average Bonchev–Trinajstić information content (AvgIpc) is 2.74. The van der Waals surface area contributed by atoms with Gasteiger partial charge in [0.15, 0.2) is 0 Å². The highest BCUT2D eigenvalue weighted by Crippen LogP contribution is 2.26. The molecule has 1 N–H and O–H groups in total. The van der Waals surface area contributed by atoms with Gasteiger partial charge < -0.3 is 10.2 Å². The summed E-state index contributed by atoms with van der Waals surface area (Å²) in [5.74, 6) is 2.70. The van der Waals surface area contributed by atoms with E-state index in [0.717, 1.165) is 55.9 Å². The monoisotopic (exact) mass is 290 g/mol. The first-order chi connectivity index (χ1) is 10.2. The zero-order valence-corrected chi connectivity index (χ0v) is 13.8. The van der Waals surface area contributed by atoms with Gasteiger partial charge in [-0.2, -0.15) is 0 Å².